The highest BCUT2D eigenvalue weighted by atomic mass is 16.5. The lowest BCUT2D eigenvalue weighted by Gasteiger charge is -2.19. The fraction of sp³-hybridized carbons (Fsp3) is 0.467. The molecule has 1 aliphatic rings. The number of carbonyl (C=O) groups is 2. The Morgan fingerprint density at radius 1 is 1.52 bits per heavy atom. The van der Waals surface area contributed by atoms with Gasteiger partial charge in [0.2, 0.25) is 0 Å². The third kappa shape index (κ3) is 3.95. The van der Waals surface area contributed by atoms with Crippen LogP contribution in [0.25, 0.3) is 0 Å². The molecule has 6 nitrogen and oxygen atoms in total. The minimum absolute atomic E-state index is 0.00210. The van der Waals surface area contributed by atoms with Crippen molar-refractivity contribution < 1.29 is 19.4 Å². The van der Waals surface area contributed by atoms with Crippen molar-refractivity contribution in [3.05, 3.63) is 23.8 Å². The smallest absolute Gasteiger partial charge is 0.262 e. The number of fused-ring (bicyclic) bond motifs is 1. The summed E-state index contributed by atoms with van der Waals surface area (Å²) in [6.07, 6.45) is 1.57. The van der Waals surface area contributed by atoms with Crippen molar-refractivity contribution in [2.75, 3.05) is 25.1 Å². The van der Waals surface area contributed by atoms with E-state index in [1.165, 1.54) is 0 Å². The molecule has 1 heterocycles. The summed E-state index contributed by atoms with van der Waals surface area (Å²) >= 11 is 0. The average molecular weight is 292 g/mol. The Hall–Kier alpha value is -2.08. The van der Waals surface area contributed by atoms with Crippen LogP contribution in [0.2, 0.25) is 0 Å². The number of amides is 2. The Morgan fingerprint density at radius 2 is 2.33 bits per heavy atom. The summed E-state index contributed by atoms with van der Waals surface area (Å²) in [4.78, 5) is 23.4. The number of anilines is 1. The number of hydrogen-bond donors (Lipinski definition) is 3. The van der Waals surface area contributed by atoms with Crippen LogP contribution in [0.1, 0.15) is 30.1 Å². The monoisotopic (exact) mass is 292 g/mol. The molecule has 0 bridgehead atoms. The highest BCUT2D eigenvalue weighted by Crippen LogP contribution is 2.28. The molecule has 1 atom stereocenters. The second-order valence-electron chi connectivity index (χ2n) is 5.04. The molecule has 0 fully saturated rings. The quantitative estimate of drug-likeness (QED) is 0.734. The zero-order valence-corrected chi connectivity index (χ0v) is 12.0. The first-order valence-electron chi connectivity index (χ1n) is 7.09. The molecule has 1 aliphatic heterocycles. The molecule has 6 heteroatoms. The molecule has 2 amide bonds. The zero-order chi connectivity index (χ0) is 15.2. The van der Waals surface area contributed by atoms with Gasteiger partial charge in [-0.1, -0.05) is 13.3 Å². The van der Waals surface area contributed by atoms with Gasteiger partial charge < -0.3 is 20.5 Å². The minimum Gasteiger partial charge on any atom is -0.482 e. The predicted octanol–water partition coefficient (Wildman–Crippen LogP) is 1.16. The summed E-state index contributed by atoms with van der Waals surface area (Å²) in [5, 5.41) is 14.5. The summed E-state index contributed by atoms with van der Waals surface area (Å²) < 4.78 is 5.25. The third-order valence-corrected chi connectivity index (χ3v) is 3.54. The number of aliphatic hydroxyl groups excluding tert-OH is 1. The van der Waals surface area contributed by atoms with E-state index in [0.717, 1.165) is 6.42 Å². The minimum atomic E-state index is -0.228. The average Bonchev–Trinajstić information content (AvgIpc) is 2.50. The van der Waals surface area contributed by atoms with Gasteiger partial charge in [0.05, 0.1) is 5.69 Å². The summed E-state index contributed by atoms with van der Waals surface area (Å²) in [6.45, 7) is 2.67. The molecule has 1 unspecified atom stereocenters. The lowest BCUT2D eigenvalue weighted by Crippen LogP contribution is -2.30. The van der Waals surface area contributed by atoms with E-state index in [9.17, 15) is 9.59 Å². The number of ether oxygens (including phenoxy) is 1. The fourth-order valence-electron chi connectivity index (χ4n) is 2.20. The second kappa shape index (κ2) is 7.08. The van der Waals surface area contributed by atoms with E-state index in [-0.39, 0.29) is 30.9 Å². The lowest BCUT2D eigenvalue weighted by molar-refractivity contribution is -0.118. The number of benzene rings is 1. The largest absolute Gasteiger partial charge is 0.482 e. The lowest BCUT2D eigenvalue weighted by atomic mass is 10.0. The molecular weight excluding hydrogens is 272 g/mol. The molecule has 3 N–H and O–H groups in total. The Morgan fingerprint density at radius 3 is 3.05 bits per heavy atom. The maximum Gasteiger partial charge on any atom is 0.262 e. The van der Waals surface area contributed by atoms with Gasteiger partial charge >= 0.3 is 0 Å². The molecule has 21 heavy (non-hydrogen) atoms. The van der Waals surface area contributed by atoms with Gasteiger partial charge in [-0.3, -0.25) is 9.59 Å². The van der Waals surface area contributed by atoms with Crippen LogP contribution in [0.5, 0.6) is 5.75 Å². The maximum atomic E-state index is 12.1. The van der Waals surface area contributed by atoms with E-state index in [2.05, 4.69) is 10.6 Å². The van der Waals surface area contributed by atoms with Gasteiger partial charge in [-0.25, -0.2) is 0 Å². The van der Waals surface area contributed by atoms with Gasteiger partial charge in [0, 0.05) is 18.7 Å². The Bertz CT molecular complexity index is 530. The molecule has 1 aromatic rings. The van der Waals surface area contributed by atoms with Crippen LogP contribution in [0, 0.1) is 5.92 Å². The van der Waals surface area contributed by atoms with Gasteiger partial charge in [-0.2, -0.15) is 0 Å². The van der Waals surface area contributed by atoms with Crippen LogP contribution < -0.4 is 15.4 Å². The van der Waals surface area contributed by atoms with Crippen LogP contribution in [-0.2, 0) is 4.79 Å². The molecule has 0 aliphatic carbocycles. The van der Waals surface area contributed by atoms with Crippen LogP contribution in [0.4, 0.5) is 5.69 Å². The Labute approximate surface area is 123 Å². The van der Waals surface area contributed by atoms with E-state index in [1.807, 2.05) is 6.92 Å². The molecule has 0 radical (unpaired) electrons. The van der Waals surface area contributed by atoms with Crippen LogP contribution >= 0.6 is 0 Å². The number of rotatable bonds is 6. The van der Waals surface area contributed by atoms with Gasteiger partial charge in [0.1, 0.15) is 5.75 Å². The number of nitrogens with one attached hydrogen (secondary N) is 2. The molecular formula is C15H20N2O4. The van der Waals surface area contributed by atoms with Gasteiger partial charge in [-0.15, -0.1) is 0 Å². The Kier molecular flexibility index (Phi) is 5.16. The van der Waals surface area contributed by atoms with Crippen LogP contribution in [0.15, 0.2) is 18.2 Å². The number of aliphatic hydroxyl groups is 1. The van der Waals surface area contributed by atoms with E-state index in [4.69, 9.17) is 9.84 Å². The highest BCUT2D eigenvalue weighted by molar-refractivity contribution is 5.99. The molecule has 0 saturated heterocycles. The van der Waals surface area contributed by atoms with Crippen molar-refractivity contribution in [1.82, 2.24) is 5.32 Å². The molecule has 2 rings (SSSR count). The summed E-state index contributed by atoms with van der Waals surface area (Å²) in [6, 6.07) is 4.95. The van der Waals surface area contributed by atoms with Crippen molar-refractivity contribution in [2.24, 2.45) is 5.92 Å². The van der Waals surface area contributed by atoms with Crippen molar-refractivity contribution in [2.45, 2.75) is 19.8 Å². The van der Waals surface area contributed by atoms with E-state index in [1.54, 1.807) is 18.2 Å². The van der Waals surface area contributed by atoms with E-state index >= 15 is 0 Å². The third-order valence-electron chi connectivity index (χ3n) is 3.54. The maximum absolute atomic E-state index is 12.1. The Balaban J connectivity index is 1.99. The molecule has 0 aromatic heterocycles. The first-order valence-corrected chi connectivity index (χ1v) is 7.09. The number of carbonyl (C=O) groups excluding carboxylic acids is 2. The van der Waals surface area contributed by atoms with Crippen molar-refractivity contribution in [3.63, 3.8) is 0 Å². The van der Waals surface area contributed by atoms with E-state index in [0.29, 0.717) is 30.0 Å². The number of hydrogen-bond acceptors (Lipinski definition) is 4. The van der Waals surface area contributed by atoms with Crippen molar-refractivity contribution in [1.29, 1.82) is 0 Å². The molecule has 0 saturated carbocycles. The van der Waals surface area contributed by atoms with E-state index < -0.39 is 0 Å². The normalized spacial score (nSPS) is 14.7. The first kappa shape index (κ1) is 15.3. The van der Waals surface area contributed by atoms with Crippen molar-refractivity contribution >= 4 is 17.5 Å². The summed E-state index contributed by atoms with van der Waals surface area (Å²) in [5.74, 6) is 0.403. The summed E-state index contributed by atoms with van der Waals surface area (Å²) in [5.41, 5.74) is 0.986. The van der Waals surface area contributed by atoms with Gasteiger partial charge in [-0.05, 0) is 30.5 Å². The molecule has 1 aromatic carbocycles. The predicted molar refractivity (Wildman–Crippen MR) is 78.4 cm³/mol. The SMILES string of the molecule is CCC(CCO)CNC(=O)c1ccc2c(c1)NC(=O)CO2. The van der Waals surface area contributed by atoms with Crippen molar-refractivity contribution in [3.8, 4) is 5.75 Å². The molecule has 114 valence electrons. The highest BCUT2D eigenvalue weighted by Gasteiger charge is 2.18. The standard InChI is InChI=1S/C15H20N2O4/c1-2-10(5-6-18)8-16-15(20)11-3-4-13-12(7-11)17-14(19)9-21-13/h3-4,7,10,18H,2,5-6,8-9H2,1H3,(H,16,20)(H,17,19). The van der Waals surface area contributed by atoms with Crippen LogP contribution in [0.3, 0.4) is 0 Å². The second-order valence-corrected chi connectivity index (χ2v) is 5.04. The summed E-state index contributed by atoms with van der Waals surface area (Å²) in [7, 11) is 0. The fourth-order valence-corrected chi connectivity index (χ4v) is 2.20. The van der Waals surface area contributed by atoms with Crippen LogP contribution in [-0.4, -0.2) is 36.7 Å². The molecule has 0 spiro atoms. The topological polar surface area (TPSA) is 87.7 Å². The zero-order valence-electron chi connectivity index (χ0n) is 12.0. The van der Waals surface area contributed by atoms with Gasteiger partial charge in [0.15, 0.2) is 6.61 Å². The first-order chi connectivity index (χ1) is 10.1. The van der Waals surface area contributed by atoms with Gasteiger partial charge in [0.25, 0.3) is 11.8 Å².